The zero-order chi connectivity index (χ0) is 16.2. The molecule has 0 aliphatic heterocycles. The Balaban J connectivity index is 1.56. The summed E-state index contributed by atoms with van der Waals surface area (Å²) in [6, 6.07) is 10.4. The lowest BCUT2D eigenvalue weighted by atomic mass is 10.1. The molecule has 5 heteroatoms. The van der Waals surface area contributed by atoms with Gasteiger partial charge in [0.1, 0.15) is 0 Å². The largest absolute Gasteiger partial charge is 0.464 e. The normalized spacial score (nSPS) is 20.6. The van der Waals surface area contributed by atoms with Crippen LogP contribution in [-0.2, 0) is 4.79 Å². The van der Waals surface area contributed by atoms with E-state index in [9.17, 15) is 4.79 Å². The fourth-order valence-corrected chi connectivity index (χ4v) is 2.71. The van der Waals surface area contributed by atoms with E-state index in [1.54, 1.807) is 12.4 Å². The van der Waals surface area contributed by atoms with Crippen molar-refractivity contribution >= 4 is 5.91 Å². The van der Waals surface area contributed by atoms with Gasteiger partial charge in [-0.15, -0.1) is 0 Å². The second kappa shape index (κ2) is 6.77. The average molecular weight is 311 g/mol. The molecule has 1 heterocycles. The molecule has 1 saturated carbocycles. The smallest absolute Gasteiger partial charge is 0.316 e. The van der Waals surface area contributed by atoms with Gasteiger partial charge in [-0.05, 0) is 31.7 Å². The summed E-state index contributed by atoms with van der Waals surface area (Å²) in [6.07, 6.45) is 4.32. The van der Waals surface area contributed by atoms with Gasteiger partial charge in [0.15, 0.2) is 0 Å². The fraction of sp³-hybridized carbons (Fsp3) is 0.389. The van der Waals surface area contributed by atoms with Crippen molar-refractivity contribution in [3.63, 3.8) is 0 Å². The molecule has 0 spiro atoms. The van der Waals surface area contributed by atoms with E-state index in [1.807, 2.05) is 32.0 Å². The first-order chi connectivity index (χ1) is 11.2. The Bertz CT molecular complexity index is 658. The van der Waals surface area contributed by atoms with Crippen LogP contribution in [0.25, 0.3) is 0 Å². The molecule has 0 radical (unpaired) electrons. The molecular weight excluding hydrogens is 290 g/mol. The quantitative estimate of drug-likeness (QED) is 0.891. The minimum atomic E-state index is -0.116. The van der Waals surface area contributed by atoms with Crippen molar-refractivity contribution < 1.29 is 9.53 Å². The van der Waals surface area contributed by atoms with Crippen LogP contribution in [0, 0.1) is 5.92 Å². The summed E-state index contributed by atoms with van der Waals surface area (Å²) < 4.78 is 5.22. The molecule has 5 nitrogen and oxygen atoms in total. The molecule has 2 aromatic rings. The molecule has 23 heavy (non-hydrogen) atoms. The van der Waals surface area contributed by atoms with Crippen LogP contribution >= 0.6 is 0 Å². The van der Waals surface area contributed by atoms with Gasteiger partial charge in [-0.3, -0.25) is 4.79 Å². The number of hydrogen-bond donors (Lipinski definition) is 1. The first-order valence-corrected chi connectivity index (χ1v) is 7.99. The second-order valence-corrected chi connectivity index (χ2v) is 5.82. The van der Waals surface area contributed by atoms with Crippen molar-refractivity contribution in [2.45, 2.75) is 32.2 Å². The lowest BCUT2D eigenvalue weighted by Gasteiger charge is -2.14. The Labute approximate surface area is 136 Å². The van der Waals surface area contributed by atoms with E-state index in [0.717, 1.165) is 12.0 Å². The van der Waals surface area contributed by atoms with E-state index >= 15 is 0 Å². The third kappa shape index (κ3) is 3.67. The van der Waals surface area contributed by atoms with Crippen molar-refractivity contribution in [3.8, 4) is 6.01 Å². The molecule has 1 fully saturated rings. The molecule has 1 aliphatic rings. The van der Waals surface area contributed by atoms with Crippen LogP contribution in [0.3, 0.4) is 0 Å². The Hall–Kier alpha value is -2.43. The average Bonchev–Trinajstić information content (AvgIpc) is 3.37. The number of carbonyl (C=O) groups is 1. The maximum Gasteiger partial charge on any atom is 0.316 e. The molecule has 3 atom stereocenters. The number of hydrogen-bond acceptors (Lipinski definition) is 4. The second-order valence-electron chi connectivity index (χ2n) is 5.82. The molecule has 1 N–H and O–H groups in total. The summed E-state index contributed by atoms with van der Waals surface area (Å²) in [5.74, 6) is 0.517. The number of ether oxygens (including phenoxy) is 1. The first kappa shape index (κ1) is 15.5. The zero-order valence-electron chi connectivity index (χ0n) is 13.4. The Morgan fingerprint density at radius 1 is 1.30 bits per heavy atom. The highest BCUT2D eigenvalue weighted by atomic mass is 16.5. The van der Waals surface area contributed by atoms with Gasteiger partial charge in [-0.2, -0.15) is 0 Å². The maximum absolute atomic E-state index is 12.4. The molecule has 1 aliphatic carbocycles. The predicted octanol–water partition coefficient (Wildman–Crippen LogP) is 2.86. The Kier molecular flexibility index (Phi) is 4.55. The van der Waals surface area contributed by atoms with Crippen molar-refractivity contribution in [2.24, 2.45) is 5.92 Å². The third-order valence-electron chi connectivity index (χ3n) is 4.14. The summed E-state index contributed by atoms with van der Waals surface area (Å²) in [4.78, 5) is 20.6. The summed E-state index contributed by atoms with van der Waals surface area (Å²) >= 11 is 0. The minimum Gasteiger partial charge on any atom is -0.464 e. The van der Waals surface area contributed by atoms with E-state index in [4.69, 9.17) is 4.74 Å². The molecule has 120 valence electrons. The molecule has 1 aromatic carbocycles. The molecular formula is C18H21N3O2. The number of nitrogens with zero attached hydrogens (tertiary/aromatic N) is 2. The van der Waals surface area contributed by atoms with Crippen LogP contribution < -0.4 is 10.1 Å². The van der Waals surface area contributed by atoms with Gasteiger partial charge in [-0.25, -0.2) is 9.97 Å². The van der Waals surface area contributed by atoms with E-state index in [0.29, 0.717) is 18.5 Å². The number of nitrogens with one attached hydrogen (secondary N) is 1. The van der Waals surface area contributed by atoms with Crippen LogP contribution in [0.5, 0.6) is 6.01 Å². The molecule has 1 aromatic heterocycles. The third-order valence-corrected chi connectivity index (χ3v) is 4.14. The van der Waals surface area contributed by atoms with Crippen molar-refractivity contribution in [2.75, 3.05) is 6.61 Å². The Morgan fingerprint density at radius 3 is 2.65 bits per heavy atom. The van der Waals surface area contributed by atoms with E-state index in [-0.39, 0.29) is 17.9 Å². The Morgan fingerprint density at radius 2 is 2.00 bits per heavy atom. The van der Waals surface area contributed by atoms with Crippen LogP contribution in [0.15, 0.2) is 42.7 Å². The highest BCUT2D eigenvalue weighted by Crippen LogP contribution is 2.47. The van der Waals surface area contributed by atoms with Crippen LogP contribution in [0.4, 0.5) is 0 Å². The van der Waals surface area contributed by atoms with Gasteiger partial charge in [0.25, 0.3) is 0 Å². The monoisotopic (exact) mass is 311 g/mol. The van der Waals surface area contributed by atoms with Gasteiger partial charge in [0.2, 0.25) is 5.91 Å². The zero-order valence-corrected chi connectivity index (χ0v) is 13.4. The highest BCUT2D eigenvalue weighted by Gasteiger charge is 2.44. The summed E-state index contributed by atoms with van der Waals surface area (Å²) in [5, 5.41) is 3.05. The topological polar surface area (TPSA) is 64.1 Å². The lowest BCUT2D eigenvalue weighted by molar-refractivity contribution is -0.123. The number of rotatable bonds is 6. The van der Waals surface area contributed by atoms with Crippen molar-refractivity contribution in [1.29, 1.82) is 0 Å². The lowest BCUT2D eigenvalue weighted by Crippen LogP contribution is -2.28. The summed E-state index contributed by atoms with van der Waals surface area (Å²) in [6.45, 7) is 4.37. The summed E-state index contributed by atoms with van der Waals surface area (Å²) in [7, 11) is 0. The highest BCUT2D eigenvalue weighted by molar-refractivity contribution is 5.83. The van der Waals surface area contributed by atoms with Gasteiger partial charge < -0.3 is 10.1 Å². The van der Waals surface area contributed by atoms with Crippen molar-refractivity contribution in [3.05, 3.63) is 53.9 Å². The van der Waals surface area contributed by atoms with Crippen LogP contribution in [-0.4, -0.2) is 22.5 Å². The molecule has 0 unspecified atom stereocenters. The van der Waals surface area contributed by atoms with Gasteiger partial charge >= 0.3 is 6.01 Å². The van der Waals surface area contributed by atoms with Crippen LogP contribution in [0.1, 0.15) is 43.4 Å². The maximum atomic E-state index is 12.4. The minimum absolute atomic E-state index is 0.0727. The SMILES string of the molecule is CCOc1ncc([C@H](C)NC(=O)[C@H]2C[C@@H]2c2ccccc2)cn1. The molecule has 0 bridgehead atoms. The van der Waals surface area contributed by atoms with E-state index in [2.05, 4.69) is 27.4 Å². The molecule has 1 amide bonds. The predicted molar refractivity (Wildman–Crippen MR) is 87.0 cm³/mol. The van der Waals surface area contributed by atoms with Crippen LogP contribution in [0.2, 0.25) is 0 Å². The van der Waals surface area contributed by atoms with Gasteiger partial charge in [0.05, 0.1) is 12.6 Å². The van der Waals surface area contributed by atoms with E-state index < -0.39 is 0 Å². The molecule has 0 saturated heterocycles. The van der Waals surface area contributed by atoms with E-state index in [1.165, 1.54) is 5.56 Å². The molecule has 3 rings (SSSR count). The summed E-state index contributed by atoms with van der Waals surface area (Å²) in [5.41, 5.74) is 2.11. The fourth-order valence-electron chi connectivity index (χ4n) is 2.71. The van der Waals surface area contributed by atoms with Crippen molar-refractivity contribution in [1.82, 2.24) is 15.3 Å². The number of carbonyl (C=O) groups excluding carboxylic acids is 1. The standard InChI is InChI=1S/C18H21N3O2/c1-3-23-18-19-10-14(11-20-18)12(2)21-17(22)16-9-15(16)13-7-5-4-6-8-13/h4-8,10-12,15-16H,3,9H2,1-2H3,(H,21,22)/t12-,15+,16-/m0/s1. The van der Waals surface area contributed by atoms with Gasteiger partial charge in [0, 0.05) is 23.9 Å². The number of amides is 1. The number of benzene rings is 1. The first-order valence-electron chi connectivity index (χ1n) is 7.99. The van der Waals surface area contributed by atoms with Gasteiger partial charge in [-0.1, -0.05) is 30.3 Å². The number of aromatic nitrogens is 2.